The van der Waals surface area contributed by atoms with Crippen molar-refractivity contribution in [2.75, 3.05) is 5.32 Å². The predicted molar refractivity (Wildman–Crippen MR) is 110 cm³/mol. The number of rotatable bonds is 6. The lowest BCUT2D eigenvalue weighted by molar-refractivity contribution is 0.102. The van der Waals surface area contributed by atoms with Crippen LogP contribution in [0.3, 0.4) is 0 Å². The summed E-state index contributed by atoms with van der Waals surface area (Å²) >= 11 is 0. The Hall–Kier alpha value is -3.12. The summed E-state index contributed by atoms with van der Waals surface area (Å²) in [5, 5.41) is 2.81. The Kier molecular flexibility index (Phi) is 5.51. The van der Waals surface area contributed by atoms with Gasteiger partial charge in [0.05, 0.1) is 4.90 Å². The number of sulfone groups is 1. The Labute approximate surface area is 165 Å². The fourth-order valence-electron chi connectivity index (χ4n) is 3.13. The van der Waals surface area contributed by atoms with Crippen molar-refractivity contribution in [1.29, 1.82) is 0 Å². The molecule has 1 N–H and O–H groups in total. The number of allylic oxidation sites excluding steroid dienone is 1. The second-order valence-electron chi connectivity index (χ2n) is 6.42. The molecule has 0 unspecified atom stereocenters. The molecule has 0 bridgehead atoms. The van der Waals surface area contributed by atoms with E-state index in [0.717, 1.165) is 5.69 Å². The maximum Gasteiger partial charge on any atom is 0.256 e. The van der Waals surface area contributed by atoms with E-state index in [4.69, 9.17) is 0 Å². The van der Waals surface area contributed by atoms with Gasteiger partial charge in [-0.3, -0.25) is 4.79 Å². The normalized spacial score (nSPS) is 11.2. The van der Waals surface area contributed by atoms with Crippen LogP contribution >= 0.6 is 0 Å². The summed E-state index contributed by atoms with van der Waals surface area (Å²) < 4.78 is 28.5. The van der Waals surface area contributed by atoms with Crippen molar-refractivity contribution < 1.29 is 13.2 Å². The SMILES string of the molecule is C=CCn1c(C)c(C)c(S(=O)(=O)c2ccccc2)c1NC(=O)c1ccccc1. The van der Waals surface area contributed by atoms with E-state index in [9.17, 15) is 13.2 Å². The highest BCUT2D eigenvalue weighted by atomic mass is 32.2. The summed E-state index contributed by atoms with van der Waals surface area (Å²) in [6, 6.07) is 16.9. The molecular formula is C22H22N2O3S. The molecular weight excluding hydrogens is 372 g/mol. The first-order valence-corrected chi connectivity index (χ1v) is 10.3. The molecule has 0 saturated carbocycles. The first-order valence-electron chi connectivity index (χ1n) is 8.85. The van der Waals surface area contributed by atoms with Crippen LogP contribution in [-0.2, 0) is 16.4 Å². The van der Waals surface area contributed by atoms with Crippen LogP contribution in [0.2, 0.25) is 0 Å². The molecule has 1 aromatic heterocycles. The van der Waals surface area contributed by atoms with E-state index in [2.05, 4.69) is 11.9 Å². The lowest BCUT2D eigenvalue weighted by Crippen LogP contribution is -2.18. The Morgan fingerprint density at radius 1 is 1.04 bits per heavy atom. The van der Waals surface area contributed by atoms with E-state index in [-0.39, 0.29) is 21.5 Å². The average Bonchev–Trinajstić information content (AvgIpc) is 2.94. The number of hydrogen-bond acceptors (Lipinski definition) is 3. The molecule has 0 spiro atoms. The Balaban J connectivity index is 2.19. The average molecular weight is 394 g/mol. The molecule has 6 heteroatoms. The van der Waals surface area contributed by atoms with Crippen molar-refractivity contribution >= 4 is 21.6 Å². The van der Waals surface area contributed by atoms with Crippen molar-refractivity contribution in [2.45, 2.75) is 30.2 Å². The van der Waals surface area contributed by atoms with Gasteiger partial charge in [-0.1, -0.05) is 42.5 Å². The molecule has 28 heavy (non-hydrogen) atoms. The zero-order valence-electron chi connectivity index (χ0n) is 15.8. The number of amides is 1. The number of anilines is 1. The molecule has 5 nitrogen and oxygen atoms in total. The van der Waals surface area contributed by atoms with Crippen LogP contribution in [0.4, 0.5) is 5.82 Å². The molecule has 1 amide bonds. The lowest BCUT2D eigenvalue weighted by atomic mass is 10.2. The third kappa shape index (κ3) is 3.51. The van der Waals surface area contributed by atoms with Crippen LogP contribution in [0.15, 0.2) is 83.1 Å². The molecule has 0 saturated heterocycles. The quantitative estimate of drug-likeness (QED) is 0.631. The topological polar surface area (TPSA) is 68.2 Å². The monoisotopic (exact) mass is 394 g/mol. The summed E-state index contributed by atoms with van der Waals surface area (Å²) in [4.78, 5) is 13.1. The highest BCUT2D eigenvalue weighted by molar-refractivity contribution is 7.91. The molecule has 0 radical (unpaired) electrons. The third-order valence-corrected chi connectivity index (χ3v) is 6.60. The van der Waals surface area contributed by atoms with Gasteiger partial charge in [0.1, 0.15) is 10.7 Å². The van der Waals surface area contributed by atoms with Gasteiger partial charge in [-0.2, -0.15) is 0 Å². The van der Waals surface area contributed by atoms with E-state index < -0.39 is 9.84 Å². The number of carbonyl (C=O) groups excluding carboxylic acids is 1. The molecule has 0 aliphatic carbocycles. The van der Waals surface area contributed by atoms with Crippen LogP contribution < -0.4 is 5.32 Å². The predicted octanol–water partition coefficient (Wildman–Crippen LogP) is 4.38. The molecule has 3 aromatic rings. The number of carbonyl (C=O) groups is 1. The summed E-state index contributed by atoms with van der Waals surface area (Å²) in [5.41, 5.74) is 1.82. The van der Waals surface area contributed by atoms with Gasteiger partial charge in [0, 0.05) is 17.8 Å². The van der Waals surface area contributed by atoms with Crippen LogP contribution in [0, 0.1) is 13.8 Å². The molecule has 0 aliphatic heterocycles. The molecule has 0 aliphatic rings. The lowest BCUT2D eigenvalue weighted by Gasteiger charge is -2.13. The molecule has 2 aromatic carbocycles. The number of hydrogen-bond donors (Lipinski definition) is 1. The second kappa shape index (κ2) is 7.86. The molecule has 0 atom stereocenters. The van der Waals surface area contributed by atoms with E-state index in [1.54, 1.807) is 72.2 Å². The van der Waals surface area contributed by atoms with Gasteiger partial charge in [-0.15, -0.1) is 6.58 Å². The van der Waals surface area contributed by atoms with Gasteiger partial charge in [-0.05, 0) is 43.7 Å². The number of aromatic nitrogens is 1. The molecule has 0 fully saturated rings. The van der Waals surface area contributed by atoms with Crippen molar-refractivity contribution in [3.05, 3.63) is 90.1 Å². The standard InChI is InChI=1S/C22H22N2O3S/c1-4-15-24-17(3)16(2)20(28(26,27)19-13-9-6-10-14-19)21(24)23-22(25)18-11-7-5-8-12-18/h4-14H,1,15H2,2-3H3,(H,23,25). The first-order chi connectivity index (χ1) is 13.4. The number of nitrogens with zero attached hydrogens (tertiary/aromatic N) is 1. The zero-order valence-corrected chi connectivity index (χ0v) is 16.7. The Morgan fingerprint density at radius 2 is 1.61 bits per heavy atom. The largest absolute Gasteiger partial charge is 0.327 e. The van der Waals surface area contributed by atoms with Gasteiger partial charge >= 0.3 is 0 Å². The molecule has 3 rings (SSSR count). The Morgan fingerprint density at radius 3 is 2.18 bits per heavy atom. The third-order valence-electron chi connectivity index (χ3n) is 4.67. The zero-order chi connectivity index (χ0) is 20.3. The second-order valence-corrected chi connectivity index (χ2v) is 8.31. The van der Waals surface area contributed by atoms with Crippen molar-refractivity contribution in [3.8, 4) is 0 Å². The fraction of sp³-hybridized carbons (Fsp3) is 0.136. The summed E-state index contributed by atoms with van der Waals surface area (Å²) in [7, 11) is -3.82. The van der Waals surface area contributed by atoms with Crippen LogP contribution in [0.25, 0.3) is 0 Å². The van der Waals surface area contributed by atoms with E-state index in [1.807, 2.05) is 13.0 Å². The van der Waals surface area contributed by atoms with E-state index >= 15 is 0 Å². The minimum atomic E-state index is -3.82. The molecule has 144 valence electrons. The van der Waals surface area contributed by atoms with Crippen LogP contribution in [0.5, 0.6) is 0 Å². The van der Waals surface area contributed by atoms with E-state index in [0.29, 0.717) is 17.7 Å². The maximum absolute atomic E-state index is 13.4. The minimum absolute atomic E-state index is 0.113. The fourth-order valence-corrected chi connectivity index (χ4v) is 4.85. The Bertz CT molecular complexity index is 1120. The number of benzene rings is 2. The summed E-state index contributed by atoms with van der Waals surface area (Å²) in [5.74, 6) is -0.111. The molecule has 1 heterocycles. The van der Waals surface area contributed by atoms with Gasteiger partial charge in [0.2, 0.25) is 9.84 Å². The maximum atomic E-state index is 13.4. The smallest absolute Gasteiger partial charge is 0.256 e. The van der Waals surface area contributed by atoms with Crippen LogP contribution in [0.1, 0.15) is 21.6 Å². The minimum Gasteiger partial charge on any atom is -0.327 e. The highest BCUT2D eigenvalue weighted by Gasteiger charge is 2.30. The van der Waals surface area contributed by atoms with Gasteiger partial charge in [0.15, 0.2) is 0 Å². The van der Waals surface area contributed by atoms with Crippen LogP contribution in [-0.4, -0.2) is 18.9 Å². The van der Waals surface area contributed by atoms with E-state index in [1.165, 1.54) is 0 Å². The highest BCUT2D eigenvalue weighted by Crippen LogP contribution is 2.35. The van der Waals surface area contributed by atoms with Gasteiger partial charge < -0.3 is 9.88 Å². The summed E-state index contributed by atoms with van der Waals surface area (Å²) in [6.07, 6.45) is 1.67. The van der Waals surface area contributed by atoms with Crippen molar-refractivity contribution in [2.24, 2.45) is 0 Å². The number of nitrogens with one attached hydrogen (secondary N) is 1. The van der Waals surface area contributed by atoms with Gasteiger partial charge in [0.25, 0.3) is 5.91 Å². The summed E-state index contributed by atoms with van der Waals surface area (Å²) in [6.45, 7) is 7.72. The van der Waals surface area contributed by atoms with Crippen molar-refractivity contribution in [1.82, 2.24) is 4.57 Å². The van der Waals surface area contributed by atoms with Crippen molar-refractivity contribution in [3.63, 3.8) is 0 Å². The van der Waals surface area contributed by atoms with Gasteiger partial charge in [-0.25, -0.2) is 8.42 Å². The first kappa shape index (κ1) is 19.6.